The summed E-state index contributed by atoms with van der Waals surface area (Å²) in [4.78, 5) is 36.6. The molecule has 136 valence electrons. The number of hydrogen-bond acceptors (Lipinski definition) is 7. The first-order valence-electron chi connectivity index (χ1n) is 9.12. The van der Waals surface area contributed by atoms with Crippen molar-refractivity contribution >= 4 is 17.8 Å². The van der Waals surface area contributed by atoms with E-state index >= 15 is 0 Å². The van der Waals surface area contributed by atoms with Gasteiger partial charge < -0.3 is 14.7 Å². The fourth-order valence-corrected chi connectivity index (χ4v) is 3.47. The highest BCUT2D eigenvalue weighted by atomic mass is 16.2. The van der Waals surface area contributed by atoms with Crippen LogP contribution in [0, 0.1) is 6.92 Å². The fourth-order valence-electron chi connectivity index (χ4n) is 3.47. The Labute approximate surface area is 152 Å². The summed E-state index contributed by atoms with van der Waals surface area (Å²) in [6.07, 6.45) is 7.52. The van der Waals surface area contributed by atoms with Gasteiger partial charge in [0, 0.05) is 57.9 Å². The van der Waals surface area contributed by atoms with Crippen molar-refractivity contribution in [2.45, 2.75) is 19.8 Å². The van der Waals surface area contributed by atoms with Crippen molar-refractivity contribution in [3.05, 3.63) is 35.9 Å². The zero-order valence-corrected chi connectivity index (χ0v) is 15.0. The number of rotatable bonds is 3. The van der Waals surface area contributed by atoms with E-state index in [1.54, 1.807) is 24.7 Å². The average molecular weight is 353 g/mol. The molecule has 8 nitrogen and oxygen atoms in total. The minimum absolute atomic E-state index is 0.00380. The molecule has 0 radical (unpaired) electrons. The van der Waals surface area contributed by atoms with Crippen LogP contribution in [0.1, 0.15) is 28.9 Å². The standard InChI is InChI=1S/C18H23N7O/c1-14-15(13-21-18(22-14)24-7-2-3-8-24)16(26)23-9-11-25(12-10-23)17-19-5-4-6-20-17/h4-6,13H,2-3,7-12H2,1H3. The minimum Gasteiger partial charge on any atom is -0.341 e. The van der Waals surface area contributed by atoms with E-state index in [9.17, 15) is 4.79 Å². The molecular weight excluding hydrogens is 330 g/mol. The molecule has 4 rings (SSSR count). The molecule has 0 aliphatic carbocycles. The quantitative estimate of drug-likeness (QED) is 0.819. The molecule has 8 heteroatoms. The molecule has 26 heavy (non-hydrogen) atoms. The molecule has 2 aromatic rings. The Morgan fingerprint density at radius 3 is 2.19 bits per heavy atom. The second-order valence-corrected chi connectivity index (χ2v) is 6.69. The summed E-state index contributed by atoms with van der Waals surface area (Å²) in [7, 11) is 0. The van der Waals surface area contributed by atoms with Crippen molar-refractivity contribution in [2.24, 2.45) is 0 Å². The monoisotopic (exact) mass is 353 g/mol. The molecule has 4 heterocycles. The van der Waals surface area contributed by atoms with Crippen LogP contribution in [-0.2, 0) is 0 Å². The molecule has 1 amide bonds. The highest BCUT2D eigenvalue weighted by Crippen LogP contribution is 2.18. The lowest BCUT2D eigenvalue weighted by Crippen LogP contribution is -2.49. The first-order valence-corrected chi connectivity index (χ1v) is 9.12. The molecule has 2 fully saturated rings. The number of hydrogen-bond donors (Lipinski definition) is 0. The van der Waals surface area contributed by atoms with Gasteiger partial charge in [-0.3, -0.25) is 4.79 Å². The van der Waals surface area contributed by atoms with E-state index in [4.69, 9.17) is 0 Å². The van der Waals surface area contributed by atoms with Gasteiger partial charge in [0.1, 0.15) is 0 Å². The summed E-state index contributed by atoms with van der Waals surface area (Å²) in [5.41, 5.74) is 1.35. The summed E-state index contributed by atoms with van der Waals surface area (Å²) in [5.74, 6) is 1.46. The number of piperazine rings is 1. The summed E-state index contributed by atoms with van der Waals surface area (Å²) in [6, 6.07) is 1.80. The van der Waals surface area contributed by atoms with Crippen molar-refractivity contribution in [2.75, 3.05) is 49.1 Å². The van der Waals surface area contributed by atoms with Crippen molar-refractivity contribution in [1.82, 2.24) is 24.8 Å². The predicted molar refractivity (Wildman–Crippen MR) is 98.4 cm³/mol. The number of aromatic nitrogens is 4. The van der Waals surface area contributed by atoms with Crippen LogP contribution in [0.3, 0.4) is 0 Å². The van der Waals surface area contributed by atoms with Crippen molar-refractivity contribution in [3.8, 4) is 0 Å². The lowest BCUT2D eigenvalue weighted by Gasteiger charge is -2.34. The number of anilines is 2. The van der Waals surface area contributed by atoms with E-state index in [0.717, 1.165) is 37.8 Å². The van der Waals surface area contributed by atoms with Gasteiger partial charge in [-0.1, -0.05) is 0 Å². The maximum absolute atomic E-state index is 12.9. The van der Waals surface area contributed by atoms with Crippen molar-refractivity contribution < 1.29 is 4.79 Å². The summed E-state index contributed by atoms with van der Waals surface area (Å²) in [5, 5.41) is 0. The highest BCUT2D eigenvalue weighted by Gasteiger charge is 2.25. The number of carbonyl (C=O) groups excluding carboxylic acids is 1. The normalized spacial score (nSPS) is 17.7. The first-order chi connectivity index (χ1) is 12.7. The van der Waals surface area contributed by atoms with Crippen LogP contribution in [0.5, 0.6) is 0 Å². The molecule has 0 unspecified atom stereocenters. The topological polar surface area (TPSA) is 78.4 Å². The van der Waals surface area contributed by atoms with Crippen molar-refractivity contribution in [1.29, 1.82) is 0 Å². The van der Waals surface area contributed by atoms with Gasteiger partial charge in [0.2, 0.25) is 11.9 Å². The summed E-state index contributed by atoms with van der Waals surface area (Å²) >= 11 is 0. The van der Waals surface area contributed by atoms with Crippen LogP contribution >= 0.6 is 0 Å². The molecule has 0 atom stereocenters. The van der Waals surface area contributed by atoms with Gasteiger partial charge in [-0.05, 0) is 25.8 Å². The Hall–Kier alpha value is -2.77. The van der Waals surface area contributed by atoms with Gasteiger partial charge in [-0.2, -0.15) is 0 Å². The fraction of sp³-hybridized carbons (Fsp3) is 0.500. The summed E-state index contributed by atoms with van der Waals surface area (Å²) < 4.78 is 0. The molecule has 2 aliphatic heterocycles. The maximum atomic E-state index is 12.9. The molecular formula is C18H23N7O. The molecule has 0 saturated carbocycles. The molecule has 0 bridgehead atoms. The zero-order valence-electron chi connectivity index (χ0n) is 15.0. The molecule has 0 aromatic carbocycles. The lowest BCUT2D eigenvalue weighted by molar-refractivity contribution is 0.0744. The van der Waals surface area contributed by atoms with Gasteiger partial charge in [-0.25, -0.2) is 19.9 Å². The minimum atomic E-state index is 0.00380. The smallest absolute Gasteiger partial charge is 0.257 e. The second-order valence-electron chi connectivity index (χ2n) is 6.69. The third-order valence-corrected chi connectivity index (χ3v) is 4.99. The Morgan fingerprint density at radius 2 is 1.54 bits per heavy atom. The van der Waals surface area contributed by atoms with E-state index in [1.807, 2.05) is 11.8 Å². The van der Waals surface area contributed by atoms with Crippen LogP contribution in [0.25, 0.3) is 0 Å². The molecule has 0 spiro atoms. The molecule has 2 aliphatic rings. The van der Waals surface area contributed by atoms with E-state index in [2.05, 4.69) is 29.7 Å². The number of amides is 1. The van der Waals surface area contributed by atoms with E-state index in [0.29, 0.717) is 24.6 Å². The average Bonchev–Trinajstić information content (AvgIpc) is 3.23. The van der Waals surface area contributed by atoms with E-state index < -0.39 is 0 Å². The van der Waals surface area contributed by atoms with Gasteiger partial charge in [0.05, 0.1) is 11.3 Å². The third kappa shape index (κ3) is 3.31. The predicted octanol–water partition coefficient (Wildman–Crippen LogP) is 1.14. The number of aryl methyl sites for hydroxylation is 1. The SMILES string of the molecule is Cc1nc(N2CCCC2)ncc1C(=O)N1CCN(c2ncccn2)CC1. The maximum Gasteiger partial charge on any atom is 0.257 e. The van der Waals surface area contributed by atoms with Crippen LogP contribution in [0.4, 0.5) is 11.9 Å². The van der Waals surface area contributed by atoms with Gasteiger partial charge >= 0.3 is 0 Å². The van der Waals surface area contributed by atoms with Gasteiger partial charge in [-0.15, -0.1) is 0 Å². The Morgan fingerprint density at radius 1 is 0.885 bits per heavy atom. The zero-order chi connectivity index (χ0) is 17.9. The lowest BCUT2D eigenvalue weighted by atomic mass is 10.2. The largest absolute Gasteiger partial charge is 0.341 e. The van der Waals surface area contributed by atoms with Crippen LogP contribution < -0.4 is 9.80 Å². The molecule has 2 aromatic heterocycles. The van der Waals surface area contributed by atoms with E-state index in [1.165, 1.54) is 12.8 Å². The Balaban J connectivity index is 1.42. The number of nitrogens with zero attached hydrogens (tertiary/aromatic N) is 7. The third-order valence-electron chi connectivity index (χ3n) is 4.99. The van der Waals surface area contributed by atoms with Gasteiger partial charge in [0.25, 0.3) is 5.91 Å². The van der Waals surface area contributed by atoms with Crippen molar-refractivity contribution in [3.63, 3.8) is 0 Å². The van der Waals surface area contributed by atoms with Gasteiger partial charge in [0.15, 0.2) is 0 Å². The Bertz CT molecular complexity index is 768. The Kier molecular flexibility index (Phi) is 4.64. The number of carbonyl (C=O) groups is 1. The van der Waals surface area contributed by atoms with Crippen LogP contribution in [0.15, 0.2) is 24.7 Å². The van der Waals surface area contributed by atoms with Crippen LogP contribution in [0.2, 0.25) is 0 Å². The highest BCUT2D eigenvalue weighted by molar-refractivity contribution is 5.95. The summed E-state index contributed by atoms with van der Waals surface area (Å²) in [6.45, 7) is 6.62. The van der Waals surface area contributed by atoms with Crippen LogP contribution in [-0.4, -0.2) is 70.0 Å². The van der Waals surface area contributed by atoms with E-state index in [-0.39, 0.29) is 5.91 Å². The first kappa shape index (κ1) is 16.7. The molecule has 2 saturated heterocycles. The second kappa shape index (κ2) is 7.23. The molecule has 0 N–H and O–H groups in total.